The molecule has 1 aromatic rings. The number of carboxylic acid groups (broad SMARTS) is 1. The van der Waals surface area contributed by atoms with Crippen LogP contribution in [0.3, 0.4) is 0 Å². The summed E-state index contributed by atoms with van der Waals surface area (Å²) in [5, 5.41) is 16.1. The minimum Gasteiger partial charge on any atom is -0.508 e. The van der Waals surface area contributed by atoms with Crippen LogP contribution in [0.1, 0.15) is 5.56 Å². The second-order valence-corrected chi connectivity index (χ2v) is 2.36. The number of hydrogen-bond acceptors (Lipinski definition) is 2. The van der Waals surface area contributed by atoms with Gasteiger partial charge in [0.2, 0.25) is 0 Å². The summed E-state index contributed by atoms with van der Waals surface area (Å²) >= 11 is 4.19. The Morgan fingerprint density at radius 1 is 1.42 bits per heavy atom. The maximum atomic E-state index is 8.92. The van der Waals surface area contributed by atoms with Gasteiger partial charge in [0, 0.05) is 11.6 Å². The topological polar surface area (TPSA) is 57.5 Å². The molecule has 0 saturated carbocycles. The maximum absolute atomic E-state index is 8.92. The van der Waals surface area contributed by atoms with Crippen LogP contribution in [0.25, 0.3) is 0 Å². The fourth-order valence-corrected chi connectivity index (χ4v) is 0.563. The van der Waals surface area contributed by atoms with E-state index in [1.165, 1.54) is 0 Å². The van der Waals surface area contributed by atoms with Crippen molar-refractivity contribution in [3.8, 4) is 5.75 Å². The van der Waals surface area contributed by atoms with Crippen molar-refractivity contribution in [3.05, 3.63) is 29.8 Å². The summed E-state index contributed by atoms with van der Waals surface area (Å²) < 4.78 is 0. The Morgan fingerprint density at radius 3 is 2.08 bits per heavy atom. The highest BCUT2D eigenvalue weighted by atomic mass is 35.5. The molecule has 4 heteroatoms. The van der Waals surface area contributed by atoms with Gasteiger partial charge in [0.1, 0.15) is 5.75 Å². The molecule has 0 aliphatic rings. The molecular formula is C8H9ClO3. The van der Waals surface area contributed by atoms with E-state index < -0.39 is 5.43 Å². The number of halogens is 1. The first-order chi connectivity index (χ1) is 5.54. The minimum atomic E-state index is -1.36. The molecule has 0 unspecified atom stereocenters. The highest BCUT2D eigenvalue weighted by Crippen LogP contribution is 2.12. The van der Waals surface area contributed by atoms with E-state index in [0.29, 0.717) is 5.75 Å². The van der Waals surface area contributed by atoms with Crippen LogP contribution >= 0.6 is 11.6 Å². The molecule has 0 aromatic heterocycles. The summed E-state index contributed by atoms with van der Waals surface area (Å²) in [6.45, 7) is 1.87. The molecule has 0 spiro atoms. The standard InChI is InChI=1S/C7H8O.CHClO2/c1-6-4-2-3-5-7(6)8;2-1(3)4/h2-5,8H,1H3;(H,3,4). The van der Waals surface area contributed by atoms with E-state index in [1.807, 2.05) is 25.1 Å². The third kappa shape index (κ3) is 5.56. The van der Waals surface area contributed by atoms with Gasteiger partial charge in [-0.25, -0.2) is 4.79 Å². The number of phenols is 1. The minimum absolute atomic E-state index is 0.368. The third-order valence-electron chi connectivity index (χ3n) is 1.12. The van der Waals surface area contributed by atoms with Gasteiger partial charge in [-0.3, -0.25) is 0 Å². The molecular weight excluding hydrogens is 180 g/mol. The monoisotopic (exact) mass is 188 g/mol. The lowest BCUT2D eigenvalue weighted by atomic mass is 10.2. The summed E-state index contributed by atoms with van der Waals surface area (Å²) in [6, 6.07) is 7.25. The van der Waals surface area contributed by atoms with Crippen molar-refractivity contribution in [2.75, 3.05) is 0 Å². The third-order valence-corrected chi connectivity index (χ3v) is 1.12. The van der Waals surface area contributed by atoms with Crippen molar-refractivity contribution in [2.24, 2.45) is 0 Å². The van der Waals surface area contributed by atoms with Gasteiger partial charge in [-0.05, 0) is 18.6 Å². The van der Waals surface area contributed by atoms with Crippen molar-refractivity contribution in [3.63, 3.8) is 0 Å². The molecule has 0 atom stereocenters. The molecule has 0 fully saturated rings. The molecule has 0 bridgehead atoms. The van der Waals surface area contributed by atoms with E-state index in [-0.39, 0.29) is 0 Å². The SMILES string of the molecule is Cc1ccccc1O.O=C(O)Cl. The lowest BCUT2D eigenvalue weighted by Gasteiger charge is -1.92. The number of benzene rings is 1. The molecule has 0 aliphatic heterocycles. The van der Waals surface area contributed by atoms with Crippen LogP contribution < -0.4 is 0 Å². The first-order valence-corrected chi connectivity index (χ1v) is 3.55. The molecule has 0 heterocycles. The molecule has 0 amide bonds. The fourth-order valence-electron chi connectivity index (χ4n) is 0.563. The largest absolute Gasteiger partial charge is 0.508 e. The van der Waals surface area contributed by atoms with Crippen LogP contribution in [-0.4, -0.2) is 15.6 Å². The van der Waals surface area contributed by atoms with E-state index in [4.69, 9.17) is 15.0 Å². The Morgan fingerprint density at radius 2 is 1.83 bits per heavy atom. The zero-order valence-corrected chi connectivity index (χ0v) is 7.25. The van der Waals surface area contributed by atoms with E-state index in [2.05, 4.69) is 11.6 Å². The second kappa shape index (κ2) is 5.43. The quantitative estimate of drug-likeness (QED) is 0.616. The predicted octanol–water partition coefficient (Wildman–Crippen LogP) is 2.60. The van der Waals surface area contributed by atoms with Gasteiger partial charge in [0.25, 0.3) is 0 Å². The number of rotatable bonds is 0. The molecule has 1 aromatic carbocycles. The molecule has 0 aliphatic carbocycles. The van der Waals surface area contributed by atoms with Crippen molar-refractivity contribution in [2.45, 2.75) is 6.92 Å². The zero-order valence-electron chi connectivity index (χ0n) is 6.49. The highest BCUT2D eigenvalue weighted by Gasteiger charge is 1.86. The lowest BCUT2D eigenvalue weighted by molar-refractivity contribution is 0.220. The van der Waals surface area contributed by atoms with Crippen LogP contribution in [0.15, 0.2) is 24.3 Å². The highest BCUT2D eigenvalue weighted by molar-refractivity contribution is 6.60. The maximum Gasteiger partial charge on any atom is 0.401 e. The second-order valence-electron chi connectivity index (χ2n) is 2.04. The van der Waals surface area contributed by atoms with Crippen molar-refractivity contribution < 1.29 is 15.0 Å². The Bertz CT molecular complexity index is 235. The van der Waals surface area contributed by atoms with E-state index in [9.17, 15) is 0 Å². The van der Waals surface area contributed by atoms with Crippen LogP contribution in [0.4, 0.5) is 4.79 Å². The van der Waals surface area contributed by atoms with Gasteiger partial charge in [0.15, 0.2) is 0 Å². The number of aryl methyl sites for hydroxylation is 1. The Labute approximate surface area is 75.2 Å². The van der Waals surface area contributed by atoms with E-state index in [1.54, 1.807) is 6.07 Å². The summed E-state index contributed by atoms with van der Waals surface area (Å²) in [7, 11) is 0. The first-order valence-electron chi connectivity index (χ1n) is 3.17. The number of para-hydroxylation sites is 1. The molecule has 0 radical (unpaired) electrons. The van der Waals surface area contributed by atoms with Gasteiger partial charge in [0.05, 0.1) is 0 Å². The van der Waals surface area contributed by atoms with E-state index >= 15 is 0 Å². The Hall–Kier alpha value is -1.22. The van der Waals surface area contributed by atoms with Gasteiger partial charge in [-0.15, -0.1) is 0 Å². The van der Waals surface area contributed by atoms with Crippen LogP contribution in [0, 0.1) is 6.92 Å². The first kappa shape index (κ1) is 10.8. The molecule has 2 N–H and O–H groups in total. The van der Waals surface area contributed by atoms with Gasteiger partial charge < -0.3 is 10.2 Å². The van der Waals surface area contributed by atoms with Gasteiger partial charge in [-0.1, -0.05) is 18.2 Å². The fraction of sp³-hybridized carbons (Fsp3) is 0.125. The Balaban J connectivity index is 0.000000261. The number of hydrogen-bond donors (Lipinski definition) is 2. The van der Waals surface area contributed by atoms with Crippen molar-refractivity contribution in [1.29, 1.82) is 0 Å². The molecule has 0 saturated heterocycles. The molecule has 1 rings (SSSR count). The van der Waals surface area contributed by atoms with Crippen molar-refractivity contribution >= 4 is 17.0 Å². The zero-order chi connectivity index (χ0) is 9.56. The van der Waals surface area contributed by atoms with Crippen LogP contribution in [0.2, 0.25) is 0 Å². The lowest BCUT2D eigenvalue weighted by Crippen LogP contribution is -1.68. The normalized spacial score (nSPS) is 8.17. The number of phenolic OH excluding ortho intramolecular Hbond substituents is 1. The summed E-state index contributed by atoms with van der Waals surface area (Å²) in [5.74, 6) is 0.368. The average Bonchev–Trinajstić information content (AvgIpc) is 1.94. The molecule has 66 valence electrons. The summed E-state index contributed by atoms with van der Waals surface area (Å²) in [4.78, 5) is 8.77. The van der Waals surface area contributed by atoms with Gasteiger partial charge in [-0.2, -0.15) is 0 Å². The molecule has 12 heavy (non-hydrogen) atoms. The van der Waals surface area contributed by atoms with Crippen molar-refractivity contribution in [1.82, 2.24) is 0 Å². The number of aromatic hydroxyl groups is 1. The van der Waals surface area contributed by atoms with E-state index in [0.717, 1.165) is 5.56 Å². The average molecular weight is 189 g/mol. The predicted molar refractivity (Wildman–Crippen MR) is 46.7 cm³/mol. The summed E-state index contributed by atoms with van der Waals surface area (Å²) in [6.07, 6.45) is 0. The van der Waals surface area contributed by atoms with Crippen LogP contribution in [-0.2, 0) is 0 Å². The smallest absolute Gasteiger partial charge is 0.401 e. The Kier molecular flexibility index (Phi) is 4.88. The van der Waals surface area contributed by atoms with Crippen LogP contribution in [0.5, 0.6) is 5.75 Å². The molecule has 3 nitrogen and oxygen atoms in total. The van der Waals surface area contributed by atoms with Gasteiger partial charge >= 0.3 is 5.43 Å². The summed E-state index contributed by atoms with van der Waals surface area (Å²) in [5.41, 5.74) is -0.437. The number of carbonyl (C=O) groups is 1.